The summed E-state index contributed by atoms with van der Waals surface area (Å²) >= 11 is 1.73. The van der Waals surface area contributed by atoms with Crippen LogP contribution in [0.1, 0.15) is 10.7 Å². The summed E-state index contributed by atoms with van der Waals surface area (Å²) in [7, 11) is 1.66. The molecular weight excluding hydrogens is 234 g/mol. The Balaban J connectivity index is 2.04. The van der Waals surface area contributed by atoms with Crippen molar-refractivity contribution in [2.75, 3.05) is 7.11 Å². The van der Waals surface area contributed by atoms with Crippen molar-refractivity contribution in [2.45, 2.75) is 6.42 Å². The monoisotopic (exact) mass is 245 g/mol. The van der Waals surface area contributed by atoms with Gasteiger partial charge in [-0.15, -0.1) is 21.5 Å². The molecule has 0 aromatic carbocycles. The highest BCUT2D eigenvalue weighted by Crippen LogP contribution is 2.17. The van der Waals surface area contributed by atoms with Crippen molar-refractivity contribution in [1.82, 2.24) is 14.6 Å². The molecule has 3 rings (SSSR count). The number of methoxy groups -OCH3 is 1. The van der Waals surface area contributed by atoms with Gasteiger partial charge in [-0.25, -0.2) is 0 Å². The van der Waals surface area contributed by atoms with Crippen molar-refractivity contribution >= 4 is 17.0 Å². The third-order valence-corrected chi connectivity index (χ3v) is 3.47. The third-order valence-electron chi connectivity index (χ3n) is 2.59. The molecule has 3 heterocycles. The Morgan fingerprint density at radius 2 is 2.24 bits per heavy atom. The zero-order valence-electron chi connectivity index (χ0n) is 9.33. The van der Waals surface area contributed by atoms with E-state index in [0.29, 0.717) is 0 Å². The molecule has 0 amide bonds. The minimum absolute atomic E-state index is 0.798. The summed E-state index contributed by atoms with van der Waals surface area (Å²) in [5.74, 6) is 1.74. The van der Waals surface area contributed by atoms with Gasteiger partial charge in [-0.2, -0.15) is 0 Å². The smallest absolute Gasteiger partial charge is 0.161 e. The molecule has 0 atom stereocenters. The number of thiophene rings is 1. The molecule has 0 aliphatic carbocycles. The van der Waals surface area contributed by atoms with Gasteiger partial charge in [0.15, 0.2) is 5.65 Å². The Morgan fingerprint density at radius 1 is 1.29 bits per heavy atom. The van der Waals surface area contributed by atoms with E-state index < -0.39 is 0 Å². The van der Waals surface area contributed by atoms with E-state index in [4.69, 9.17) is 4.74 Å². The fraction of sp³-hybridized carbons (Fsp3) is 0.167. The molecule has 0 saturated carbocycles. The maximum atomic E-state index is 5.21. The zero-order valence-corrected chi connectivity index (χ0v) is 10.1. The summed E-state index contributed by atoms with van der Waals surface area (Å²) in [6.07, 6.45) is 2.71. The maximum absolute atomic E-state index is 5.21. The van der Waals surface area contributed by atoms with E-state index in [9.17, 15) is 0 Å². The van der Waals surface area contributed by atoms with Gasteiger partial charge in [0.05, 0.1) is 13.3 Å². The predicted molar refractivity (Wildman–Crippen MR) is 66.7 cm³/mol. The van der Waals surface area contributed by atoms with E-state index in [1.807, 2.05) is 28.8 Å². The second kappa shape index (κ2) is 4.18. The number of nitrogens with zero attached hydrogens (tertiary/aromatic N) is 3. The van der Waals surface area contributed by atoms with Crippen molar-refractivity contribution in [2.24, 2.45) is 0 Å². The summed E-state index contributed by atoms with van der Waals surface area (Å²) < 4.78 is 7.18. The van der Waals surface area contributed by atoms with Crippen LogP contribution in [-0.4, -0.2) is 21.7 Å². The molecule has 0 spiro atoms. The molecule has 86 valence electrons. The van der Waals surface area contributed by atoms with Gasteiger partial charge < -0.3 is 4.74 Å². The molecule has 0 saturated heterocycles. The Bertz CT molecular complexity index is 630. The van der Waals surface area contributed by atoms with Crippen molar-refractivity contribution in [3.05, 3.63) is 46.5 Å². The summed E-state index contributed by atoms with van der Waals surface area (Å²) in [6.45, 7) is 0. The minimum atomic E-state index is 0.798. The highest BCUT2D eigenvalue weighted by Gasteiger charge is 2.07. The second-order valence-electron chi connectivity index (χ2n) is 3.67. The van der Waals surface area contributed by atoms with Gasteiger partial charge in [-0.1, -0.05) is 6.07 Å². The largest absolute Gasteiger partial charge is 0.495 e. The van der Waals surface area contributed by atoms with E-state index in [2.05, 4.69) is 21.6 Å². The number of hydrogen-bond donors (Lipinski definition) is 0. The van der Waals surface area contributed by atoms with E-state index in [1.165, 1.54) is 4.88 Å². The summed E-state index contributed by atoms with van der Waals surface area (Å²) in [5, 5.41) is 10.4. The topological polar surface area (TPSA) is 39.4 Å². The van der Waals surface area contributed by atoms with Crippen molar-refractivity contribution in [3.8, 4) is 5.75 Å². The lowest BCUT2D eigenvalue weighted by atomic mass is 10.3. The van der Waals surface area contributed by atoms with Gasteiger partial charge >= 0.3 is 0 Å². The number of ether oxygens (including phenoxy) is 1. The maximum Gasteiger partial charge on any atom is 0.161 e. The van der Waals surface area contributed by atoms with Crippen LogP contribution in [-0.2, 0) is 6.42 Å². The van der Waals surface area contributed by atoms with Crippen molar-refractivity contribution < 1.29 is 4.74 Å². The summed E-state index contributed by atoms with van der Waals surface area (Å²) in [6, 6.07) is 7.94. The zero-order chi connectivity index (χ0) is 11.7. The van der Waals surface area contributed by atoms with E-state index in [0.717, 1.165) is 23.6 Å². The molecule has 0 unspecified atom stereocenters. The Hall–Kier alpha value is -1.88. The van der Waals surface area contributed by atoms with Crippen molar-refractivity contribution in [1.29, 1.82) is 0 Å². The molecule has 0 N–H and O–H groups in total. The highest BCUT2D eigenvalue weighted by molar-refractivity contribution is 7.09. The summed E-state index contributed by atoms with van der Waals surface area (Å²) in [4.78, 5) is 1.28. The lowest BCUT2D eigenvalue weighted by Gasteiger charge is -2.01. The number of hydrogen-bond acceptors (Lipinski definition) is 4. The van der Waals surface area contributed by atoms with Gasteiger partial charge in [-0.3, -0.25) is 4.40 Å². The molecule has 17 heavy (non-hydrogen) atoms. The SMILES string of the molecule is COc1ccc2nnc(Cc3cccs3)n2c1. The average molecular weight is 245 g/mol. The molecule has 0 aliphatic heterocycles. The van der Waals surface area contributed by atoms with Gasteiger partial charge in [-0.05, 0) is 23.6 Å². The lowest BCUT2D eigenvalue weighted by Crippen LogP contribution is -1.95. The molecule has 3 aromatic heterocycles. The number of aromatic nitrogens is 3. The molecule has 0 radical (unpaired) electrons. The lowest BCUT2D eigenvalue weighted by molar-refractivity contribution is 0.412. The van der Waals surface area contributed by atoms with Gasteiger partial charge in [0.1, 0.15) is 11.6 Å². The standard InChI is InChI=1S/C12H11N3OS/c1-16-9-4-5-11-13-14-12(15(11)8-9)7-10-3-2-6-17-10/h2-6,8H,7H2,1H3. The normalized spacial score (nSPS) is 10.9. The third kappa shape index (κ3) is 1.89. The van der Waals surface area contributed by atoms with Crippen LogP contribution in [0.5, 0.6) is 5.75 Å². The quantitative estimate of drug-likeness (QED) is 0.711. The molecule has 3 aromatic rings. The van der Waals surface area contributed by atoms with E-state index in [-0.39, 0.29) is 0 Å². The molecule has 4 nitrogen and oxygen atoms in total. The Labute approximate surface area is 102 Å². The number of pyridine rings is 1. The number of rotatable bonds is 3. The fourth-order valence-electron chi connectivity index (χ4n) is 1.73. The molecule has 5 heteroatoms. The van der Waals surface area contributed by atoms with Crippen LogP contribution in [0.2, 0.25) is 0 Å². The molecular formula is C12H11N3OS. The predicted octanol–water partition coefficient (Wildman–Crippen LogP) is 2.39. The van der Waals surface area contributed by atoms with E-state index >= 15 is 0 Å². The van der Waals surface area contributed by atoms with Gasteiger partial charge in [0.2, 0.25) is 0 Å². The Kier molecular flexibility index (Phi) is 2.53. The first kappa shape index (κ1) is 10.3. The second-order valence-corrected chi connectivity index (χ2v) is 4.70. The first-order valence-corrected chi connectivity index (χ1v) is 6.15. The number of fused-ring (bicyclic) bond motifs is 1. The summed E-state index contributed by atoms with van der Waals surface area (Å²) in [5.41, 5.74) is 0.845. The van der Waals surface area contributed by atoms with Crippen LogP contribution in [0.15, 0.2) is 35.8 Å². The van der Waals surface area contributed by atoms with Crippen LogP contribution >= 0.6 is 11.3 Å². The first-order valence-electron chi connectivity index (χ1n) is 5.27. The van der Waals surface area contributed by atoms with Crippen molar-refractivity contribution in [3.63, 3.8) is 0 Å². The molecule has 0 fully saturated rings. The van der Waals surface area contributed by atoms with Crippen LogP contribution in [0.4, 0.5) is 0 Å². The van der Waals surface area contributed by atoms with Gasteiger partial charge in [0.25, 0.3) is 0 Å². The van der Waals surface area contributed by atoms with Crippen LogP contribution in [0.25, 0.3) is 5.65 Å². The average Bonchev–Trinajstić information content (AvgIpc) is 2.99. The van der Waals surface area contributed by atoms with Gasteiger partial charge in [0, 0.05) is 11.3 Å². The minimum Gasteiger partial charge on any atom is -0.495 e. The van der Waals surface area contributed by atoms with E-state index in [1.54, 1.807) is 18.4 Å². The van der Waals surface area contributed by atoms with Crippen LogP contribution < -0.4 is 4.74 Å². The Morgan fingerprint density at radius 3 is 3.00 bits per heavy atom. The van der Waals surface area contributed by atoms with Crippen LogP contribution in [0.3, 0.4) is 0 Å². The highest BCUT2D eigenvalue weighted by atomic mass is 32.1. The van der Waals surface area contributed by atoms with Crippen LogP contribution in [0, 0.1) is 0 Å². The molecule has 0 aliphatic rings. The molecule has 0 bridgehead atoms. The fourth-order valence-corrected chi connectivity index (χ4v) is 2.43. The first-order chi connectivity index (χ1) is 8.36.